The third kappa shape index (κ3) is 3.49. The van der Waals surface area contributed by atoms with E-state index in [0.29, 0.717) is 18.3 Å². The monoisotopic (exact) mass is 375 g/mol. The maximum atomic E-state index is 12.1. The lowest BCUT2D eigenvalue weighted by Crippen LogP contribution is -2.64. The van der Waals surface area contributed by atoms with Gasteiger partial charge in [-0.25, -0.2) is 15.2 Å². The molecule has 0 aromatic carbocycles. The van der Waals surface area contributed by atoms with Crippen molar-refractivity contribution in [2.75, 3.05) is 13.6 Å². The fourth-order valence-electron chi connectivity index (χ4n) is 2.77. The van der Waals surface area contributed by atoms with Crippen LogP contribution in [0, 0.1) is 10.1 Å². The standard InChI is InChI=1S/C15H17N7O5/c1-3-21-11-12(20(2)15(24)18-13(11)23)17-14(21)19-16-8-4-5-9-6-7-10(27-9)22(25)26/h4-8,11-12H,3H2,1-2H3,(H,17,19)(H,18,23,24)/b5-4+,16-8-. The fourth-order valence-corrected chi connectivity index (χ4v) is 2.77. The molecule has 2 aliphatic heterocycles. The van der Waals surface area contributed by atoms with E-state index in [4.69, 9.17) is 4.42 Å². The number of nitro groups is 1. The van der Waals surface area contributed by atoms with Crippen LogP contribution in [-0.2, 0) is 4.79 Å². The number of nitrogens with zero attached hydrogens (tertiary/aromatic N) is 5. The van der Waals surface area contributed by atoms with Crippen molar-refractivity contribution in [3.63, 3.8) is 0 Å². The summed E-state index contributed by atoms with van der Waals surface area (Å²) < 4.78 is 4.98. The predicted molar refractivity (Wildman–Crippen MR) is 94.7 cm³/mol. The number of carbonyl (C=O) groups is 2. The van der Waals surface area contributed by atoms with Crippen molar-refractivity contribution < 1.29 is 18.9 Å². The minimum atomic E-state index is -0.623. The van der Waals surface area contributed by atoms with E-state index >= 15 is 0 Å². The summed E-state index contributed by atoms with van der Waals surface area (Å²) in [4.78, 5) is 41.2. The number of aliphatic imine (C=N–C) groups is 1. The van der Waals surface area contributed by atoms with Gasteiger partial charge in [0.05, 0.1) is 6.07 Å². The Balaban J connectivity index is 1.64. The minimum absolute atomic E-state index is 0.310. The van der Waals surface area contributed by atoms with Gasteiger partial charge in [0.1, 0.15) is 10.7 Å². The second-order valence-corrected chi connectivity index (χ2v) is 5.68. The molecular formula is C15H17N7O5. The smallest absolute Gasteiger partial charge is 0.401 e. The normalized spacial score (nSPS) is 22.4. The van der Waals surface area contributed by atoms with Crippen LogP contribution in [0.1, 0.15) is 12.7 Å². The molecule has 1 aromatic heterocycles. The molecule has 1 fully saturated rings. The molecular weight excluding hydrogens is 358 g/mol. The van der Waals surface area contributed by atoms with Gasteiger partial charge >= 0.3 is 11.9 Å². The van der Waals surface area contributed by atoms with Gasteiger partial charge in [-0.3, -0.25) is 20.2 Å². The zero-order chi connectivity index (χ0) is 19.6. The van der Waals surface area contributed by atoms with Gasteiger partial charge in [-0.1, -0.05) is 0 Å². The van der Waals surface area contributed by atoms with Crippen LogP contribution < -0.4 is 10.7 Å². The molecule has 12 nitrogen and oxygen atoms in total. The molecule has 2 N–H and O–H groups in total. The zero-order valence-corrected chi connectivity index (χ0v) is 14.5. The molecule has 2 atom stereocenters. The van der Waals surface area contributed by atoms with E-state index in [1.165, 1.54) is 35.4 Å². The summed E-state index contributed by atoms with van der Waals surface area (Å²) in [7, 11) is 1.56. The molecule has 1 saturated heterocycles. The van der Waals surface area contributed by atoms with Crippen LogP contribution in [0.15, 0.2) is 32.7 Å². The predicted octanol–water partition coefficient (Wildman–Crippen LogP) is 0.344. The highest BCUT2D eigenvalue weighted by Crippen LogP contribution is 2.22. The summed E-state index contributed by atoms with van der Waals surface area (Å²) in [5.41, 5.74) is 2.74. The second kappa shape index (κ2) is 7.27. The number of imide groups is 1. The van der Waals surface area contributed by atoms with Crippen molar-refractivity contribution in [3.8, 4) is 0 Å². The molecule has 27 heavy (non-hydrogen) atoms. The zero-order valence-electron chi connectivity index (χ0n) is 14.5. The van der Waals surface area contributed by atoms with Crippen LogP contribution >= 0.6 is 0 Å². The molecule has 3 amide bonds. The molecule has 0 saturated carbocycles. The maximum Gasteiger partial charge on any atom is 0.433 e. The van der Waals surface area contributed by atoms with E-state index in [2.05, 4.69) is 20.8 Å². The Labute approximate surface area is 153 Å². The number of nitrogens with one attached hydrogen (secondary N) is 2. The number of amides is 3. The topological polar surface area (TPSA) is 146 Å². The lowest BCUT2D eigenvalue weighted by Gasteiger charge is -2.35. The number of urea groups is 1. The number of rotatable bonds is 5. The van der Waals surface area contributed by atoms with Gasteiger partial charge in [-0.2, -0.15) is 5.10 Å². The Hall–Kier alpha value is -3.70. The van der Waals surface area contributed by atoms with E-state index in [-0.39, 0.29) is 5.88 Å². The molecule has 0 radical (unpaired) electrons. The van der Waals surface area contributed by atoms with E-state index in [0.717, 1.165) is 0 Å². The average molecular weight is 375 g/mol. The van der Waals surface area contributed by atoms with Gasteiger partial charge in [0.25, 0.3) is 5.91 Å². The third-order valence-corrected chi connectivity index (χ3v) is 4.08. The van der Waals surface area contributed by atoms with Gasteiger partial charge in [0.2, 0.25) is 5.96 Å². The first-order valence-electron chi connectivity index (χ1n) is 8.04. The molecule has 142 valence electrons. The average Bonchev–Trinajstić information content (AvgIpc) is 3.24. The number of hydrogen-bond acceptors (Lipinski definition) is 9. The highest BCUT2D eigenvalue weighted by atomic mass is 16.6. The molecule has 3 rings (SSSR count). The molecule has 0 aliphatic carbocycles. The minimum Gasteiger partial charge on any atom is -0.401 e. The highest BCUT2D eigenvalue weighted by Gasteiger charge is 2.48. The van der Waals surface area contributed by atoms with Gasteiger partial charge in [-0.15, -0.1) is 0 Å². The van der Waals surface area contributed by atoms with Gasteiger partial charge in [0.15, 0.2) is 12.2 Å². The van der Waals surface area contributed by atoms with Crippen LogP contribution in [0.25, 0.3) is 6.08 Å². The highest BCUT2D eigenvalue weighted by molar-refractivity contribution is 6.03. The summed E-state index contributed by atoms with van der Waals surface area (Å²) in [6, 6.07) is 1.61. The molecule has 0 bridgehead atoms. The van der Waals surface area contributed by atoms with Crippen molar-refractivity contribution in [3.05, 3.63) is 34.1 Å². The first-order chi connectivity index (χ1) is 12.9. The number of hydrazone groups is 1. The summed E-state index contributed by atoms with van der Waals surface area (Å²) in [5, 5.41) is 16.8. The van der Waals surface area contributed by atoms with E-state index in [9.17, 15) is 19.7 Å². The van der Waals surface area contributed by atoms with Crippen LogP contribution in [0.4, 0.5) is 10.7 Å². The number of fused-ring (bicyclic) bond motifs is 1. The van der Waals surface area contributed by atoms with E-state index in [1.54, 1.807) is 11.9 Å². The molecule has 1 aromatic rings. The lowest BCUT2D eigenvalue weighted by atomic mass is 10.1. The molecule has 0 spiro atoms. The summed E-state index contributed by atoms with van der Waals surface area (Å²) in [6.45, 7) is 2.35. The Morgan fingerprint density at radius 1 is 1.48 bits per heavy atom. The number of allylic oxidation sites excluding steroid dienone is 1. The van der Waals surface area contributed by atoms with Crippen LogP contribution in [-0.4, -0.2) is 64.6 Å². The van der Waals surface area contributed by atoms with Crippen molar-refractivity contribution in [1.82, 2.24) is 20.5 Å². The van der Waals surface area contributed by atoms with Crippen molar-refractivity contribution in [2.45, 2.75) is 19.1 Å². The van der Waals surface area contributed by atoms with Gasteiger partial charge < -0.3 is 14.2 Å². The van der Waals surface area contributed by atoms with Crippen molar-refractivity contribution in [2.24, 2.45) is 10.1 Å². The number of furan rings is 1. The van der Waals surface area contributed by atoms with E-state index in [1.807, 2.05) is 6.92 Å². The summed E-state index contributed by atoms with van der Waals surface area (Å²) in [6.07, 6.45) is 3.81. The summed E-state index contributed by atoms with van der Waals surface area (Å²) >= 11 is 0. The number of hydrogen-bond donors (Lipinski definition) is 2. The Bertz CT molecular complexity index is 858. The quantitative estimate of drug-likeness (QED) is 0.429. The number of guanidine groups is 1. The second-order valence-electron chi connectivity index (χ2n) is 5.68. The Morgan fingerprint density at radius 3 is 2.93 bits per heavy atom. The molecule has 2 aliphatic rings. The lowest BCUT2D eigenvalue weighted by molar-refractivity contribution is -0.402. The number of carbonyl (C=O) groups excluding carboxylic acids is 2. The maximum absolute atomic E-state index is 12.1. The van der Waals surface area contributed by atoms with Crippen molar-refractivity contribution in [1.29, 1.82) is 0 Å². The Morgan fingerprint density at radius 2 is 2.26 bits per heavy atom. The van der Waals surface area contributed by atoms with E-state index < -0.39 is 29.1 Å². The largest absolute Gasteiger partial charge is 0.433 e. The number of likely N-dealkylation sites (N-methyl/N-ethyl adjacent to an activating group) is 2. The van der Waals surface area contributed by atoms with Crippen LogP contribution in [0.3, 0.4) is 0 Å². The first-order valence-corrected chi connectivity index (χ1v) is 8.04. The Kier molecular flexibility index (Phi) is 4.88. The van der Waals surface area contributed by atoms with Crippen LogP contribution in [0.5, 0.6) is 0 Å². The van der Waals surface area contributed by atoms with Crippen molar-refractivity contribution >= 4 is 36.1 Å². The molecule has 3 heterocycles. The molecule has 2 unspecified atom stereocenters. The first kappa shape index (κ1) is 18.1. The fraction of sp³-hybridized carbons (Fsp3) is 0.333. The van der Waals surface area contributed by atoms with Gasteiger partial charge in [-0.05, 0) is 25.1 Å². The molecule has 12 heteroatoms. The third-order valence-electron chi connectivity index (χ3n) is 4.08. The van der Waals surface area contributed by atoms with Crippen LogP contribution in [0.2, 0.25) is 0 Å². The SMILES string of the molecule is CCN1C(N/N=C\C=C\c2ccc([N+](=O)[O-])o2)=NC2C1C(=O)NC(=O)N2C. The van der Waals surface area contributed by atoms with Gasteiger partial charge in [0, 0.05) is 19.8 Å². The summed E-state index contributed by atoms with van der Waals surface area (Å²) in [5.74, 6) is -0.0798.